The van der Waals surface area contributed by atoms with Crippen molar-refractivity contribution in [1.29, 1.82) is 0 Å². The summed E-state index contributed by atoms with van der Waals surface area (Å²) >= 11 is 0. The van der Waals surface area contributed by atoms with E-state index in [1.807, 2.05) is 13.8 Å². The van der Waals surface area contributed by atoms with Crippen LogP contribution in [0.5, 0.6) is 0 Å². The molecule has 1 heterocycles. The van der Waals surface area contributed by atoms with Gasteiger partial charge in [0.2, 0.25) is 0 Å². The van der Waals surface area contributed by atoms with Gasteiger partial charge in [-0.15, -0.1) is 0 Å². The highest BCUT2D eigenvalue weighted by molar-refractivity contribution is 5.90. The van der Waals surface area contributed by atoms with E-state index in [9.17, 15) is 35.9 Å². The second-order valence-corrected chi connectivity index (χ2v) is 12.7. The molecule has 47 heavy (non-hydrogen) atoms. The molecule has 0 N–H and O–H groups in total. The lowest BCUT2D eigenvalue weighted by Crippen LogP contribution is -2.35. The minimum absolute atomic E-state index is 0.0278. The maximum atomic E-state index is 15.5. The third kappa shape index (κ3) is 7.16. The number of alkyl halides is 6. The van der Waals surface area contributed by atoms with E-state index in [1.54, 1.807) is 36.4 Å². The smallest absolute Gasteiger partial charge is 0.416 e. The van der Waals surface area contributed by atoms with Crippen molar-refractivity contribution in [2.75, 3.05) is 13.7 Å². The largest absolute Gasteiger partial charge is 0.465 e. The summed E-state index contributed by atoms with van der Waals surface area (Å²) in [6.07, 6.45) is -10.8. The molecular formula is C35H32F7NO4. The number of halogens is 7. The van der Waals surface area contributed by atoms with E-state index in [0.717, 1.165) is 5.56 Å². The van der Waals surface area contributed by atoms with Crippen LogP contribution < -0.4 is 0 Å². The summed E-state index contributed by atoms with van der Waals surface area (Å²) in [6.45, 7) is 5.48. The van der Waals surface area contributed by atoms with Gasteiger partial charge in [0.15, 0.2) is 0 Å². The molecule has 2 aliphatic rings. The number of hydrogen-bond acceptors (Lipinski definition) is 4. The van der Waals surface area contributed by atoms with Gasteiger partial charge in [-0.1, -0.05) is 32.0 Å². The highest BCUT2D eigenvalue weighted by atomic mass is 19.4. The van der Waals surface area contributed by atoms with Gasteiger partial charge >= 0.3 is 24.4 Å². The number of benzene rings is 3. The van der Waals surface area contributed by atoms with Crippen molar-refractivity contribution in [3.05, 3.63) is 99.9 Å². The molecule has 1 aliphatic carbocycles. The lowest BCUT2D eigenvalue weighted by molar-refractivity contribution is -0.143. The molecule has 1 fully saturated rings. The lowest BCUT2D eigenvalue weighted by atomic mass is 9.72. The fraction of sp³-hybridized carbons (Fsp3) is 0.371. The van der Waals surface area contributed by atoms with E-state index < -0.39 is 59.1 Å². The summed E-state index contributed by atoms with van der Waals surface area (Å²) in [5.74, 6) is -0.993. The summed E-state index contributed by atoms with van der Waals surface area (Å²) < 4.78 is 107. The predicted molar refractivity (Wildman–Crippen MR) is 160 cm³/mol. The van der Waals surface area contributed by atoms with Crippen molar-refractivity contribution in [3.8, 4) is 11.1 Å². The van der Waals surface area contributed by atoms with E-state index in [1.165, 1.54) is 25.0 Å². The maximum Gasteiger partial charge on any atom is 0.416 e. The van der Waals surface area contributed by atoms with Gasteiger partial charge in [0.05, 0.1) is 29.8 Å². The predicted octanol–water partition coefficient (Wildman–Crippen LogP) is 9.86. The van der Waals surface area contributed by atoms with Gasteiger partial charge in [-0.25, -0.2) is 14.0 Å². The van der Waals surface area contributed by atoms with E-state index >= 15 is 4.39 Å². The van der Waals surface area contributed by atoms with Gasteiger partial charge in [-0.3, -0.25) is 4.90 Å². The Kier molecular flexibility index (Phi) is 8.93. The van der Waals surface area contributed by atoms with Crippen LogP contribution in [0.1, 0.15) is 78.7 Å². The second-order valence-electron chi connectivity index (χ2n) is 12.7. The highest BCUT2D eigenvalue weighted by Crippen LogP contribution is 2.46. The third-order valence-corrected chi connectivity index (χ3v) is 8.79. The Bertz CT molecular complexity index is 1690. The van der Waals surface area contributed by atoms with Crippen LogP contribution in [0.4, 0.5) is 35.5 Å². The number of methoxy groups -OCH3 is 1. The van der Waals surface area contributed by atoms with E-state index in [0.29, 0.717) is 59.2 Å². The van der Waals surface area contributed by atoms with Gasteiger partial charge < -0.3 is 9.47 Å². The van der Waals surface area contributed by atoms with Crippen LogP contribution in [0, 0.1) is 11.2 Å². The number of rotatable bonds is 6. The number of esters is 1. The van der Waals surface area contributed by atoms with Crippen LogP contribution in [0.2, 0.25) is 0 Å². The molecule has 1 unspecified atom stereocenters. The summed E-state index contributed by atoms with van der Waals surface area (Å²) in [6, 6.07) is 11.5. The fourth-order valence-electron chi connectivity index (χ4n) is 6.25. The first-order valence-electron chi connectivity index (χ1n) is 14.8. The molecule has 0 saturated carbocycles. The maximum absolute atomic E-state index is 15.5. The average molecular weight is 664 g/mol. The van der Waals surface area contributed by atoms with Crippen LogP contribution >= 0.6 is 0 Å². The van der Waals surface area contributed by atoms with Gasteiger partial charge in [0, 0.05) is 12.1 Å². The van der Waals surface area contributed by atoms with Crippen molar-refractivity contribution in [3.63, 3.8) is 0 Å². The third-order valence-electron chi connectivity index (χ3n) is 8.79. The topological polar surface area (TPSA) is 55.8 Å². The zero-order valence-electron chi connectivity index (χ0n) is 26.0. The summed E-state index contributed by atoms with van der Waals surface area (Å²) in [5, 5.41) is 0. The quantitative estimate of drug-likeness (QED) is 0.195. The van der Waals surface area contributed by atoms with E-state index in [2.05, 4.69) is 0 Å². The molecule has 0 spiro atoms. The summed E-state index contributed by atoms with van der Waals surface area (Å²) in [5.41, 5.74) is -0.227. The zero-order chi connectivity index (χ0) is 34.5. The number of amides is 1. The SMILES string of the molecule is COC(=O)c1ccc(-c2ccc(F)c(C3=C(CN4C(=O)O[C@H](c5cc(C(F)(F)F)cc(C(F)(F)F)c5)C4C)CC(C)(C)CC3)c2)cc1. The highest BCUT2D eigenvalue weighted by Gasteiger charge is 2.44. The number of cyclic esters (lactones) is 1. The Labute approximate surface area is 267 Å². The first kappa shape index (κ1) is 34.0. The Morgan fingerprint density at radius 1 is 0.936 bits per heavy atom. The fourth-order valence-corrected chi connectivity index (χ4v) is 6.25. The van der Waals surface area contributed by atoms with Gasteiger partial charge in [-0.05, 0) is 102 Å². The molecule has 5 nitrogen and oxygen atoms in total. The molecule has 0 bridgehead atoms. The molecule has 0 radical (unpaired) electrons. The van der Waals surface area contributed by atoms with E-state index in [-0.39, 0.29) is 18.0 Å². The van der Waals surface area contributed by atoms with Crippen molar-refractivity contribution in [1.82, 2.24) is 4.90 Å². The number of allylic oxidation sites excluding steroid dienone is 1. The number of hydrogen-bond donors (Lipinski definition) is 0. The van der Waals surface area contributed by atoms with Crippen molar-refractivity contribution < 1.29 is 49.8 Å². The first-order valence-corrected chi connectivity index (χ1v) is 14.8. The Morgan fingerprint density at radius 2 is 1.53 bits per heavy atom. The molecule has 1 saturated heterocycles. The minimum Gasteiger partial charge on any atom is -0.465 e. The molecule has 3 aromatic carbocycles. The second kappa shape index (κ2) is 12.4. The van der Waals surface area contributed by atoms with Crippen LogP contribution in [0.25, 0.3) is 16.7 Å². The van der Waals surface area contributed by atoms with Gasteiger partial charge in [0.25, 0.3) is 0 Å². The molecule has 250 valence electrons. The number of carbonyl (C=O) groups excluding carboxylic acids is 2. The average Bonchev–Trinajstić information content (AvgIpc) is 3.28. The number of ether oxygens (including phenoxy) is 2. The Hall–Kier alpha value is -4.35. The van der Waals surface area contributed by atoms with Gasteiger partial charge in [0.1, 0.15) is 11.9 Å². The lowest BCUT2D eigenvalue weighted by Gasteiger charge is -2.35. The monoisotopic (exact) mass is 663 g/mol. The number of carbonyl (C=O) groups is 2. The Morgan fingerprint density at radius 3 is 2.11 bits per heavy atom. The molecule has 0 aromatic heterocycles. The molecular weight excluding hydrogens is 631 g/mol. The van der Waals surface area contributed by atoms with Crippen LogP contribution in [0.3, 0.4) is 0 Å². The van der Waals surface area contributed by atoms with Gasteiger partial charge in [-0.2, -0.15) is 26.3 Å². The molecule has 5 rings (SSSR count). The summed E-state index contributed by atoms with van der Waals surface area (Å²) in [7, 11) is 1.27. The van der Waals surface area contributed by atoms with Crippen molar-refractivity contribution >= 4 is 17.6 Å². The minimum atomic E-state index is -5.06. The Balaban J connectivity index is 1.50. The zero-order valence-corrected chi connectivity index (χ0v) is 26.0. The molecule has 12 heteroatoms. The molecule has 1 aliphatic heterocycles. The molecule has 3 aromatic rings. The van der Waals surface area contributed by atoms with Crippen molar-refractivity contribution in [2.45, 2.75) is 64.5 Å². The first-order chi connectivity index (χ1) is 21.9. The standard InChI is InChI=1S/C35H32F7NO4/c1-19-30(23-13-25(34(37,38)39)16-26(14-23)35(40,41)42)47-32(45)43(19)18-24-17-33(2,3)12-11-27(24)28-15-22(9-10-29(28)36)20-5-7-21(8-6-20)31(44)46-4/h5-10,13-16,19,30H,11-12,17-18H2,1-4H3/t19?,30-/m0/s1. The van der Waals surface area contributed by atoms with Crippen LogP contribution in [-0.2, 0) is 21.8 Å². The van der Waals surface area contributed by atoms with Crippen LogP contribution in [-0.4, -0.2) is 36.7 Å². The normalized spacial score (nSPS) is 20.0. The number of nitrogens with zero attached hydrogens (tertiary/aromatic N) is 1. The van der Waals surface area contributed by atoms with Crippen molar-refractivity contribution in [2.24, 2.45) is 5.41 Å². The molecule has 2 atom stereocenters. The summed E-state index contributed by atoms with van der Waals surface area (Å²) in [4.78, 5) is 26.3. The van der Waals surface area contributed by atoms with Crippen LogP contribution in [0.15, 0.2) is 66.2 Å². The molecule has 1 amide bonds. The van der Waals surface area contributed by atoms with E-state index in [4.69, 9.17) is 9.47 Å².